The topological polar surface area (TPSA) is 100 Å². The van der Waals surface area contributed by atoms with Crippen LogP contribution in [0.25, 0.3) is 0 Å². The fourth-order valence-electron chi connectivity index (χ4n) is 0. The first-order valence-corrected chi connectivity index (χ1v) is 0.494. The third-order valence-electron chi connectivity index (χ3n) is 0. The minimum Gasteiger partial charge on any atom is -0.483 e. The second-order valence-corrected chi connectivity index (χ2v) is 0.105. The van der Waals surface area contributed by atoms with Gasteiger partial charge in [-0.1, -0.05) is 0 Å². The summed E-state index contributed by atoms with van der Waals surface area (Å²) in [4.78, 5) is 8.36. The highest BCUT2D eigenvalue weighted by molar-refractivity contribution is 5.85. The van der Waals surface area contributed by atoms with Gasteiger partial charge in [-0.15, -0.1) is 24.8 Å². The van der Waals surface area contributed by atoms with Gasteiger partial charge in [0.05, 0.1) is 0 Å². The van der Waals surface area contributed by atoms with Crippen molar-refractivity contribution in [3.8, 4) is 0 Å². The molecule has 0 aromatic heterocycles. The largest absolute Gasteiger partial charge is 0.483 e. The Hall–Kier alpha value is -0.0300. The summed E-state index contributed by atoms with van der Waals surface area (Å²) in [5, 5.41) is 6.89. The van der Waals surface area contributed by atoms with Gasteiger partial charge in [0.15, 0.2) is 0 Å². The van der Waals surface area contributed by atoms with Crippen molar-refractivity contribution in [3.05, 3.63) is 0 Å². The predicted octanol–water partition coefficient (Wildman–Crippen LogP) is -1.10. The Labute approximate surface area is 53.0 Å². The number of halogens is 2. The lowest BCUT2D eigenvalue weighted by molar-refractivity contribution is -0.122. The van der Waals surface area contributed by atoms with Crippen molar-refractivity contribution in [1.29, 1.82) is 0 Å². The summed E-state index contributed by atoms with van der Waals surface area (Å²) < 4.78 is 0. The number of carbonyl (C=O) groups is 1. The van der Waals surface area contributed by atoms with Crippen LogP contribution in [0.2, 0.25) is 0 Å². The minimum absolute atomic E-state index is 0. The maximum Gasteiger partial charge on any atom is 0.290 e. The molecule has 0 unspecified atom stereocenters. The molecule has 0 atom stereocenters. The molecule has 0 aliphatic heterocycles. The SMILES string of the molecule is Cl.Cl.O.O.O=CO. The van der Waals surface area contributed by atoms with Crippen molar-refractivity contribution in [1.82, 2.24) is 0 Å². The molecule has 0 aromatic carbocycles. The molecule has 7 heavy (non-hydrogen) atoms. The summed E-state index contributed by atoms with van der Waals surface area (Å²) in [5.74, 6) is 0. The van der Waals surface area contributed by atoms with E-state index in [1.807, 2.05) is 0 Å². The molecule has 0 fully saturated rings. The van der Waals surface area contributed by atoms with Crippen LogP contribution in [-0.4, -0.2) is 22.5 Å². The Morgan fingerprint density at radius 1 is 1.14 bits per heavy atom. The van der Waals surface area contributed by atoms with E-state index in [2.05, 4.69) is 0 Å². The minimum atomic E-state index is -0.250. The highest BCUT2D eigenvalue weighted by atomic mass is 35.5. The van der Waals surface area contributed by atoms with E-state index in [1.165, 1.54) is 0 Å². The van der Waals surface area contributed by atoms with Crippen LogP contribution in [0.5, 0.6) is 0 Å². The van der Waals surface area contributed by atoms with Gasteiger partial charge in [0, 0.05) is 0 Å². The van der Waals surface area contributed by atoms with E-state index < -0.39 is 0 Å². The zero-order valence-electron chi connectivity index (χ0n) is 3.25. The standard InChI is InChI=1S/CH2O2.2ClH.2H2O/c2-1-3;;;;/h1H,(H,2,3);2*1H;2*1H2. The summed E-state index contributed by atoms with van der Waals surface area (Å²) in [6.07, 6.45) is 0. The second-order valence-electron chi connectivity index (χ2n) is 0.105. The van der Waals surface area contributed by atoms with E-state index in [-0.39, 0.29) is 42.2 Å². The smallest absolute Gasteiger partial charge is 0.290 e. The third kappa shape index (κ3) is 105000. The summed E-state index contributed by atoms with van der Waals surface area (Å²) in [5.41, 5.74) is 0. The molecule has 5 N–H and O–H groups in total. The number of carboxylic acid groups (broad SMARTS) is 1. The Bertz CT molecular complexity index is 17.2. The summed E-state index contributed by atoms with van der Waals surface area (Å²) >= 11 is 0. The van der Waals surface area contributed by atoms with Crippen LogP contribution < -0.4 is 0 Å². The Balaban J connectivity index is -0.00000000333. The van der Waals surface area contributed by atoms with Gasteiger partial charge < -0.3 is 16.1 Å². The normalized spacial score (nSPS) is 1.71. The molecule has 0 bridgehead atoms. The number of rotatable bonds is 0. The van der Waals surface area contributed by atoms with Gasteiger partial charge >= 0.3 is 0 Å². The van der Waals surface area contributed by atoms with Crippen LogP contribution in [0.15, 0.2) is 0 Å². The van der Waals surface area contributed by atoms with Gasteiger partial charge in [-0.3, -0.25) is 4.79 Å². The zero-order valence-corrected chi connectivity index (χ0v) is 4.88. The maximum absolute atomic E-state index is 8.36. The van der Waals surface area contributed by atoms with Crippen LogP contribution in [0.1, 0.15) is 0 Å². The maximum atomic E-state index is 8.36. The fourth-order valence-corrected chi connectivity index (χ4v) is 0. The average molecular weight is 155 g/mol. The van der Waals surface area contributed by atoms with Gasteiger partial charge in [-0.2, -0.15) is 0 Å². The number of hydrogen-bond acceptors (Lipinski definition) is 1. The van der Waals surface area contributed by atoms with Crippen molar-refractivity contribution in [2.75, 3.05) is 0 Å². The summed E-state index contributed by atoms with van der Waals surface area (Å²) in [7, 11) is 0. The van der Waals surface area contributed by atoms with Gasteiger partial charge in [0.2, 0.25) is 0 Å². The molecule has 0 aliphatic carbocycles. The van der Waals surface area contributed by atoms with Gasteiger partial charge in [-0.05, 0) is 0 Å². The second kappa shape index (κ2) is 157. The molecule has 0 saturated carbocycles. The lowest BCUT2D eigenvalue weighted by atomic mass is 11.7. The first-order chi connectivity index (χ1) is 1.41. The summed E-state index contributed by atoms with van der Waals surface area (Å²) in [6.45, 7) is -0.250. The van der Waals surface area contributed by atoms with E-state index in [0.717, 1.165) is 0 Å². The van der Waals surface area contributed by atoms with Crippen molar-refractivity contribution < 1.29 is 20.9 Å². The van der Waals surface area contributed by atoms with E-state index in [4.69, 9.17) is 9.90 Å². The fraction of sp³-hybridized carbons (Fsp3) is 0. The average Bonchev–Trinajstić information content (AvgIpc) is 0.918. The van der Waals surface area contributed by atoms with Crippen molar-refractivity contribution >= 4 is 31.3 Å². The first-order valence-electron chi connectivity index (χ1n) is 0.494. The molecule has 0 radical (unpaired) electrons. The molecule has 0 aliphatic rings. The molecule has 0 amide bonds. The molecule has 0 saturated heterocycles. The molecule has 4 nitrogen and oxygen atoms in total. The van der Waals surface area contributed by atoms with Gasteiger partial charge in [0.1, 0.15) is 0 Å². The molecule has 50 valence electrons. The Kier molecular flexibility index (Phi) is 1430. The highest BCUT2D eigenvalue weighted by Crippen LogP contribution is 0.966. The number of hydrogen-bond donors (Lipinski definition) is 1. The van der Waals surface area contributed by atoms with Crippen LogP contribution in [0, 0.1) is 0 Å². The monoisotopic (exact) mass is 154 g/mol. The van der Waals surface area contributed by atoms with Crippen molar-refractivity contribution in [2.45, 2.75) is 0 Å². The Morgan fingerprint density at radius 3 is 1.14 bits per heavy atom. The predicted molar refractivity (Wildman–Crippen MR) is 30.4 cm³/mol. The molecular formula is CH8Cl2O4. The van der Waals surface area contributed by atoms with Crippen LogP contribution in [0.3, 0.4) is 0 Å². The van der Waals surface area contributed by atoms with Crippen molar-refractivity contribution in [2.24, 2.45) is 0 Å². The van der Waals surface area contributed by atoms with Gasteiger partial charge in [0.25, 0.3) is 6.47 Å². The third-order valence-corrected chi connectivity index (χ3v) is 0. The summed E-state index contributed by atoms with van der Waals surface area (Å²) in [6, 6.07) is 0. The molecule has 0 spiro atoms. The molecule has 0 heterocycles. The molecule has 0 rings (SSSR count). The van der Waals surface area contributed by atoms with Crippen LogP contribution in [-0.2, 0) is 4.79 Å². The van der Waals surface area contributed by atoms with E-state index in [0.29, 0.717) is 0 Å². The quantitative estimate of drug-likeness (QED) is 0.448. The van der Waals surface area contributed by atoms with Crippen LogP contribution >= 0.6 is 24.8 Å². The lowest BCUT2D eigenvalue weighted by Gasteiger charge is -1.34. The van der Waals surface area contributed by atoms with Gasteiger partial charge in [-0.25, -0.2) is 0 Å². The molecule has 6 heteroatoms. The Morgan fingerprint density at radius 2 is 1.14 bits per heavy atom. The van der Waals surface area contributed by atoms with E-state index in [9.17, 15) is 0 Å². The molecular weight excluding hydrogens is 147 g/mol. The first kappa shape index (κ1) is 64.0. The van der Waals surface area contributed by atoms with Crippen molar-refractivity contribution in [3.63, 3.8) is 0 Å². The van der Waals surface area contributed by atoms with E-state index in [1.54, 1.807) is 0 Å². The lowest BCUT2D eigenvalue weighted by Crippen LogP contribution is -1.49. The highest BCUT2D eigenvalue weighted by Gasteiger charge is 1.22. The van der Waals surface area contributed by atoms with Crippen LogP contribution in [0.4, 0.5) is 0 Å². The zero-order chi connectivity index (χ0) is 2.71. The van der Waals surface area contributed by atoms with E-state index >= 15 is 0 Å². The molecule has 0 aromatic rings.